The SMILES string of the molecule is CCCCCCCCN1C(=O)NC2(CC(CC)(CC)NC(CC)(CC)C2)C1=O. The number of carbonyl (C=O) groups is 2. The lowest BCUT2D eigenvalue weighted by Gasteiger charge is -2.55. The van der Waals surface area contributed by atoms with E-state index in [4.69, 9.17) is 0 Å². The molecule has 5 nitrogen and oxygen atoms in total. The second-order valence-electron chi connectivity index (χ2n) is 9.19. The third kappa shape index (κ3) is 4.55. The van der Waals surface area contributed by atoms with Crippen LogP contribution >= 0.6 is 0 Å². The van der Waals surface area contributed by atoms with Crippen LogP contribution in [-0.4, -0.2) is 40.0 Å². The molecule has 5 heteroatoms. The first-order valence-corrected chi connectivity index (χ1v) is 11.8. The minimum atomic E-state index is -0.734. The van der Waals surface area contributed by atoms with E-state index in [1.807, 2.05) is 0 Å². The molecule has 2 rings (SSSR count). The Hall–Kier alpha value is -1.10. The molecule has 28 heavy (non-hydrogen) atoms. The van der Waals surface area contributed by atoms with Gasteiger partial charge in [0.1, 0.15) is 5.54 Å². The van der Waals surface area contributed by atoms with Crippen LogP contribution in [0, 0.1) is 0 Å². The van der Waals surface area contributed by atoms with Gasteiger partial charge < -0.3 is 10.6 Å². The number of hydrogen-bond acceptors (Lipinski definition) is 3. The second-order valence-corrected chi connectivity index (χ2v) is 9.19. The average molecular weight is 394 g/mol. The number of amides is 3. The number of carbonyl (C=O) groups excluding carboxylic acids is 2. The molecule has 2 N–H and O–H groups in total. The Kier molecular flexibility index (Phi) is 7.95. The molecular formula is C23H43N3O2. The van der Waals surface area contributed by atoms with Crippen LogP contribution in [0.15, 0.2) is 0 Å². The zero-order chi connectivity index (χ0) is 20.8. The molecule has 1 spiro atoms. The topological polar surface area (TPSA) is 61.4 Å². The summed E-state index contributed by atoms with van der Waals surface area (Å²) < 4.78 is 0. The van der Waals surface area contributed by atoms with E-state index in [9.17, 15) is 9.59 Å². The third-order valence-electron chi connectivity index (χ3n) is 7.50. The highest BCUT2D eigenvalue weighted by Crippen LogP contribution is 2.45. The van der Waals surface area contributed by atoms with Crippen LogP contribution in [-0.2, 0) is 4.79 Å². The lowest BCUT2D eigenvalue weighted by Crippen LogP contribution is -2.71. The van der Waals surface area contributed by atoms with E-state index in [0.29, 0.717) is 19.4 Å². The molecule has 0 saturated carbocycles. The van der Waals surface area contributed by atoms with Crippen molar-refractivity contribution in [3.8, 4) is 0 Å². The molecule has 2 fully saturated rings. The van der Waals surface area contributed by atoms with Gasteiger partial charge in [-0.3, -0.25) is 9.69 Å². The van der Waals surface area contributed by atoms with Crippen LogP contribution in [0.1, 0.15) is 112 Å². The average Bonchev–Trinajstić information content (AvgIpc) is 2.93. The molecule has 0 aromatic carbocycles. The van der Waals surface area contributed by atoms with Crippen molar-refractivity contribution >= 4 is 11.9 Å². The number of hydrogen-bond donors (Lipinski definition) is 2. The molecule has 0 radical (unpaired) electrons. The Labute approximate surface area is 172 Å². The molecule has 0 atom stereocenters. The Morgan fingerprint density at radius 2 is 1.29 bits per heavy atom. The van der Waals surface area contributed by atoms with Gasteiger partial charge >= 0.3 is 6.03 Å². The highest BCUT2D eigenvalue weighted by molar-refractivity contribution is 6.07. The lowest BCUT2D eigenvalue weighted by atomic mass is 9.65. The van der Waals surface area contributed by atoms with Gasteiger partial charge in [0, 0.05) is 17.6 Å². The van der Waals surface area contributed by atoms with Crippen molar-refractivity contribution in [1.82, 2.24) is 15.5 Å². The Morgan fingerprint density at radius 3 is 1.79 bits per heavy atom. The number of nitrogens with one attached hydrogen (secondary N) is 2. The largest absolute Gasteiger partial charge is 0.325 e. The van der Waals surface area contributed by atoms with E-state index in [0.717, 1.165) is 38.5 Å². The van der Waals surface area contributed by atoms with Gasteiger partial charge in [0.25, 0.3) is 5.91 Å². The Morgan fingerprint density at radius 1 is 0.786 bits per heavy atom. The van der Waals surface area contributed by atoms with Crippen molar-refractivity contribution in [2.75, 3.05) is 6.54 Å². The van der Waals surface area contributed by atoms with Crippen LogP contribution in [0.2, 0.25) is 0 Å². The monoisotopic (exact) mass is 393 g/mol. The molecule has 0 aromatic heterocycles. The van der Waals surface area contributed by atoms with Gasteiger partial charge in [-0.25, -0.2) is 4.79 Å². The highest BCUT2D eigenvalue weighted by atomic mass is 16.2. The van der Waals surface area contributed by atoms with Crippen LogP contribution in [0.4, 0.5) is 4.79 Å². The third-order valence-corrected chi connectivity index (χ3v) is 7.50. The first-order chi connectivity index (χ1) is 13.4. The van der Waals surface area contributed by atoms with Gasteiger partial charge in [0.05, 0.1) is 0 Å². The number of nitrogens with zero attached hydrogens (tertiary/aromatic N) is 1. The minimum Gasteiger partial charge on any atom is -0.323 e. The van der Waals surface area contributed by atoms with Gasteiger partial charge in [0.15, 0.2) is 0 Å². The molecule has 2 saturated heterocycles. The van der Waals surface area contributed by atoms with E-state index in [-0.39, 0.29) is 23.0 Å². The Balaban J connectivity index is 2.14. The van der Waals surface area contributed by atoms with Crippen molar-refractivity contribution in [3.05, 3.63) is 0 Å². The summed E-state index contributed by atoms with van der Waals surface area (Å²) in [6.45, 7) is 11.6. The quantitative estimate of drug-likeness (QED) is 0.377. The molecule has 3 amide bonds. The number of unbranched alkanes of at least 4 members (excludes halogenated alkanes) is 5. The van der Waals surface area contributed by atoms with E-state index in [1.54, 1.807) is 0 Å². The lowest BCUT2D eigenvalue weighted by molar-refractivity contribution is -0.135. The van der Waals surface area contributed by atoms with Gasteiger partial charge in [-0.05, 0) is 44.9 Å². The molecular weight excluding hydrogens is 350 g/mol. The summed E-state index contributed by atoms with van der Waals surface area (Å²) in [5.74, 6) is 0.0186. The van der Waals surface area contributed by atoms with Crippen molar-refractivity contribution < 1.29 is 9.59 Å². The van der Waals surface area contributed by atoms with E-state index >= 15 is 0 Å². The zero-order valence-corrected chi connectivity index (χ0v) is 19.0. The standard InChI is InChI=1S/C23H43N3O2/c1-6-11-12-13-14-15-16-26-19(27)23(24-20(26)28)17-21(7-2,8-3)25-22(9-4,10-5)18-23/h25H,6-18H2,1-5H3,(H,24,28). The normalized spacial score (nSPS) is 22.7. The molecule has 0 aromatic rings. The minimum absolute atomic E-state index is 0.0186. The van der Waals surface area contributed by atoms with E-state index in [1.165, 1.54) is 30.6 Å². The van der Waals surface area contributed by atoms with Gasteiger partial charge in [-0.15, -0.1) is 0 Å². The van der Waals surface area contributed by atoms with Crippen molar-refractivity contribution in [1.29, 1.82) is 0 Å². The van der Waals surface area contributed by atoms with Crippen LogP contribution in [0.5, 0.6) is 0 Å². The number of urea groups is 1. The molecule has 0 unspecified atom stereocenters. The second kappa shape index (κ2) is 9.60. The summed E-state index contributed by atoms with van der Waals surface area (Å²) in [5.41, 5.74) is -0.921. The smallest absolute Gasteiger partial charge is 0.323 e. The fourth-order valence-electron chi connectivity index (χ4n) is 5.39. The summed E-state index contributed by atoms with van der Waals surface area (Å²) in [5, 5.41) is 7.10. The van der Waals surface area contributed by atoms with Crippen molar-refractivity contribution in [2.24, 2.45) is 0 Å². The van der Waals surface area contributed by atoms with Crippen LogP contribution < -0.4 is 10.6 Å². The summed E-state index contributed by atoms with van der Waals surface area (Å²) in [7, 11) is 0. The van der Waals surface area contributed by atoms with Crippen molar-refractivity contribution in [2.45, 2.75) is 128 Å². The fraction of sp³-hybridized carbons (Fsp3) is 0.913. The number of rotatable bonds is 11. The van der Waals surface area contributed by atoms with Crippen LogP contribution in [0.25, 0.3) is 0 Å². The first-order valence-electron chi connectivity index (χ1n) is 11.8. The summed E-state index contributed by atoms with van der Waals surface area (Å²) >= 11 is 0. The summed E-state index contributed by atoms with van der Waals surface area (Å²) in [4.78, 5) is 27.8. The van der Waals surface area contributed by atoms with E-state index in [2.05, 4.69) is 45.3 Å². The van der Waals surface area contributed by atoms with Gasteiger partial charge in [0.2, 0.25) is 0 Å². The molecule has 162 valence electrons. The summed E-state index contributed by atoms with van der Waals surface area (Å²) in [6.07, 6.45) is 12.2. The van der Waals surface area contributed by atoms with Gasteiger partial charge in [-0.1, -0.05) is 66.7 Å². The number of imide groups is 1. The van der Waals surface area contributed by atoms with Crippen LogP contribution in [0.3, 0.4) is 0 Å². The molecule has 2 aliphatic rings. The predicted molar refractivity (Wildman–Crippen MR) is 115 cm³/mol. The Bertz CT molecular complexity index is 518. The number of piperidine rings is 1. The molecule has 0 bridgehead atoms. The zero-order valence-electron chi connectivity index (χ0n) is 19.0. The van der Waals surface area contributed by atoms with Gasteiger partial charge in [-0.2, -0.15) is 0 Å². The highest BCUT2D eigenvalue weighted by Gasteiger charge is 2.60. The fourth-order valence-corrected chi connectivity index (χ4v) is 5.39. The van der Waals surface area contributed by atoms with E-state index < -0.39 is 5.54 Å². The molecule has 2 heterocycles. The maximum absolute atomic E-state index is 13.5. The first kappa shape index (κ1) is 23.2. The maximum atomic E-state index is 13.5. The molecule has 0 aliphatic carbocycles. The predicted octanol–water partition coefficient (Wildman–Crippen LogP) is 5.14. The maximum Gasteiger partial charge on any atom is 0.325 e. The van der Waals surface area contributed by atoms with Crippen molar-refractivity contribution in [3.63, 3.8) is 0 Å². The molecule has 2 aliphatic heterocycles. The summed E-state index contributed by atoms with van der Waals surface area (Å²) in [6, 6.07) is -0.178.